The maximum absolute atomic E-state index is 11.4. The smallest absolute Gasteiger partial charge is 0.202 e. The van der Waals surface area contributed by atoms with E-state index in [0.717, 1.165) is 0 Å². The predicted octanol–water partition coefficient (Wildman–Crippen LogP) is 1.97. The number of rotatable bonds is 6. The molecule has 0 saturated carbocycles. The summed E-state index contributed by atoms with van der Waals surface area (Å²) < 4.78 is 21.5. The van der Waals surface area contributed by atoms with E-state index in [-0.39, 0.29) is 0 Å². The van der Waals surface area contributed by atoms with Crippen molar-refractivity contribution >= 4 is 7.37 Å². The molecule has 0 bridgehead atoms. The van der Waals surface area contributed by atoms with Gasteiger partial charge in [-0.15, -0.1) is 0 Å². The summed E-state index contributed by atoms with van der Waals surface area (Å²) >= 11 is 0. The fraction of sp³-hybridized carbons (Fsp3) is 1.00. The molecule has 0 heterocycles. The highest BCUT2D eigenvalue weighted by atomic mass is 31.2. The van der Waals surface area contributed by atoms with Crippen LogP contribution in [0.3, 0.4) is 0 Å². The second-order valence-electron chi connectivity index (χ2n) is 2.35. The third kappa shape index (κ3) is 6.54. The highest BCUT2D eigenvalue weighted by Crippen LogP contribution is 2.41. The van der Waals surface area contributed by atoms with Gasteiger partial charge in [-0.3, -0.25) is 4.57 Å². The summed E-state index contributed by atoms with van der Waals surface area (Å²) in [5, 5.41) is 0. The Morgan fingerprint density at radius 3 is 2.36 bits per heavy atom. The van der Waals surface area contributed by atoms with Crippen molar-refractivity contribution in [2.75, 3.05) is 32.6 Å². The molecule has 0 N–H and O–H groups in total. The second kappa shape index (κ2) is 5.76. The van der Waals surface area contributed by atoms with Crippen molar-refractivity contribution in [1.29, 1.82) is 0 Å². The maximum Gasteiger partial charge on any atom is 0.202 e. The third-order valence-corrected chi connectivity index (χ3v) is 3.05. The summed E-state index contributed by atoms with van der Waals surface area (Å²) in [6.07, 6.45) is 0.522. The predicted molar refractivity (Wildman–Crippen MR) is 46.5 cm³/mol. The van der Waals surface area contributed by atoms with Crippen molar-refractivity contribution in [3.05, 3.63) is 0 Å². The molecule has 0 radical (unpaired) electrons. The molecule has 0 fully saturated rings. The highest BCUT2D eigenvalue weighted by molar-refractivity contribution is 7.58. The Labute approximate surface area is 68.5 Å². The van der Waals surface area contributed by atoms with E-state index in [1.165, 1.54) is 0 Å². The zero-order valence-corrected chi connectivity index (χ0v) is 8.39. The van der Waals surface area contributed by atoms with Gasteiger partial charge in [-0.25, -0.2) is 0 Å². The van der Waals surface area contributed by atoms with E-state index in [2.05, 4.69) is 0 Å². The lowest BCUT2D eigenvalue weighted by Gasteiger charge is -2.11. The van der Waals surface area contributed by atoms with Crippen LogP contribution in [0.4, 0.5) is 0 Å². The Hall–Kier alpha value is 0.150. The van der Waals surface area contributed by atoms with Gasteiger partial charge >= 0.3 is 0 Å². The SMILES string of the molecule is CCOCCP(C)(=O)OCC. The average Bonchev–Trinajstić information content (AvgIpc) is 1.87. The highest BCUT2D eigenvalue weighted by Gasteiger charge is 2.13. The topological polar surface area (TPSA) is 35.5 Å². The molecule has 0 aromatic carbocycles. The van der Waals surface area contributed by atoms with Crippen LogP contribution in [0.2, 0.25) is 0 Å². The van der Waals surface area contributed by atoms with Crippen molar-refractivity contribution < 1.29 is 13.8 Å². The van der Waals surface area contributed by atoms with Gasteiger partial charge in [-0.1, -0.05) is 0 Å². The lowest BCUT2D eigenvalue weighted by Crippen LogP contribution is -2.02. The van der Waals surface area contributed by atoms with Gasteiger partial charge in [0, 0.05) is 19.4 Å². The number of hydrogen-bond acceptors (Lipinski definition) is 3. The molecule has 0 aromatic heterocycles. The van der Waals surface area contributed by atoms with Gasteiger partial charge in [0.2, 0.25) is 7.37 Å². The third-order valence-electron chi connectivity index (χ3n) is 1.25. The molecule has 0 aliphatic heterocycles. The summed E-state index contributed by atoms with van der Waals surface area (Å²) in [5.74, 6) is 0. The molecule has 0 aliphatic rings. The molecular weight excluding hydrogens is 163 g/mol. The van der Waals surface area contributed by atoms with E-state index >= 15 is 0 Å². The van der Waals surface area contributed by atoms with Gasteiger partial charge in [0.05, 0.1) is 13.2 Å². The van der Waals surface area contributed by atoms with E-state index in [4.69, 9.17) is 9.26 Å². The van der Waals surface area contributed by atoms with Crippen LogP contribution >= 0.6 is 7.37 Å². The Bertz CT molecular complexity index is 136. The van der Waals surface area contributed by atoms with E-state index in [1.54, 1.807) is 6.66 Å². The molecule has 68 valence electrons. The van der Waals surface area contributed by atoms with Crippen molar-refractivity contribution in [3.63, 3.8) is 0 Å². The molecule has 0 amide bonds. The lowest BCUT2D eigenvalue weighted by atomic mass is 10.8. The molecule has 11 heavy (non-hydrogen) atoms. The molecular formula is C7H17O3P. The lowest BCUT2D eigenvalue weighted by molar-refractivity contribution is 0.160. The molecule has 1 unspecified atom stereocenters. The molecule has 0 saturated heterocycles. The van der Waals surface area contributed by atoms with Gasteiger partial charge in [0.1, 0.15) is 0 Å². The first-order valence-electron chi connectivity index (χ1n) is 3.91. The van der Waals surface area contributed by atoms with E-state index in [1.807, 2.05) is 13.8 Å². The average molecular weight is 180 g/mol. The van der Waals surface area contributed by atoms with Crippen molar-refractivity contribution in [3.8, 4) is 0 Å². The van der Waals surface area contributed by atoms with Crippen molar-refractivity contribution in [1.82, 2.24) is 0 Å². The summed E-state index contributed by atoms with van der Waals surface area (Å²) in [6, 6.07) is 0. The van der Waals surface area contributed by atoms with Crippen LogP contribution in [0.15, 0.2) is 0 Å². The van der Waals surface area contributed by atoms with Gasteiger partial charge < -0.3 is 9.26 Å². The van der Waals surface area contributed by atoms with Crippen LogP contribution in [0.1, 0.15) is 13.8 Å². The fourth-order valence-corrected chi connectivity index (χ4v) is 1.85. The first-order chi connectivity index (χ1) is 5.12. The monoisotopic (exact) mass is 180 g/mol. The van der Waals surface area contributed by atoms with E-state index in [9.17, 15) is 4.57 Å². The minimum Gasteiger partial charge on any atom is -0.381 e. The summed E-state index contributed by atoms with van der Waals surface area (Å²) in [7, 11) is -2.35. The van der Waals surface area contributed by atoms with Gasteiger partial charge in [-0.05, 0) is 13.8 Å². The van der Waals surface area contributed by atoms with Crippen LogP contribution in [0, 0.1) is 0 Å². The Morgan fingerprint density at radius 2 is 1.91 bits per heavy atom. The minimum absolute atomic E-state index is 0.514. The largest absolute Gasteiger partial charge is 0.381 e. The normalized spacial score (nSPS) is 16.3. The second-order valence-corrected chi connectivity index (χ2v) is 5.09. The Balaban J connectivity index is 3.47. The van der Waals surface area contributed by atoms with Gasteiger partial charge in [0.15, 0.2) is 0 Å². The van der Waals surface area contributed by atoms with Crippen LogP contribution in [-0.4, -0.2) is 32.6 Å². The van der Waals surface area contributed by atoms with Crippen LogP contribution in [-0.2, 0) is 13.8 Å². The minimum atomic E-state index is -2.35. The zero-order valence-electron chi connectivity index (χ0n) is 7.50. The molecule has 3 nitrogen and oxygen atoms in total. The zero-order chi connectivity index (χ0) is 8.74. The molecule has 1 atom stereocenters. The Kier molecular flexibility index (Phi) is 5.83. The van der Waals surface area contributed by atoms with Crippen molar-refractivity contribution in [2.45, 2.75) is 13.8 Å². The van der Waals surface area contributed by atoms with Crippen LogP contribution in [0.5, 0.6) is 0 Å². The van der Waals surface area contributed by atoms with Crippen LogP contribution in [0.25, 0.3) is 0 Å². The van der Waals surface area contributed by atoms with E-state index < -0.39 is 7.37 Å². The quantitative estimate of drug-likeness (QED) is 0.463. The molecule has 0 spiro atoms. The summed E-state index contributed by atoms with van der Waals surface area (Å²) in [4.78, 5) is 0. The van der Waals surface area contributed by atoms with E-state index in [0.29, 0.717) is 26.0 Å². The molecule has 0 aliphatic carbocycles. The molecule has 4 heteroatoms. The van der Waals surface area contributed by atoms with Crippen LogP contribution < -0.4 is 0 Å². The summed E-state index contributed by atoms with van der Waals surface area (Å²) in [5.41, 5.74) is 0. The fourth-order valence-electron chi connectivity index (χ4n) is 0.712. The first-order valence-corrected chi connectivity index (χ1v) is 6.17. The number of hydrogen-bond donors (Lipinski definition) is 0. The van der Waals surface area contributed by atoms with Gasteiger partial charge in [0.25, 0.3) is 0 Å². The molecule has 0 rings (SSSR count). The summed E-state index contributed by atoms with van der Waals surface area (Å²) in [6.45, 7) is 7.13. The Morgan fingerprint density at radius 1 is 1.27 bits per heavy atom. The standard InChI is InChI=1S/C7H17O3P/c1-4-9-6-7-11(3,8)10-5-2/h4-7H2,1-3H3. The first kappa shape index (κ1) is 11.2. The maximum atomic E-state index is 11.4. The van der Waals surface area contributed by atoms with Crippen molar-refractivity contribution in [2.24, 2.45) is 0 Å². The van der Waals surface area contributed by atoms with Gasteiger partial charge in [-0.2, -0.15) is 0 Å². The number of ether oxygens (including phenoxy) is 1. The molecule has 0 aromatic rings.